The van der Waals surface area contributed by atoms with Gasteiger partial charge in [0.05, 0.1) is 28.1 Å². The number of fused-ring (bicyclic) bond motifs is 1. The third kappa shape index (κ3) is 1.83. The lowest BCUT2D eigenvalue weighted by Crippen LogP contribution is -2.16. The fourth-order valence-electron chi connectivity index (χ4n) is 2.65. The number of hydrogen-bond acceptors (Lipinski definition) is 3. The predicted octanol–water partition coefficient (Wildman–Crippen LogP) is 2.90. The number of halogens is 1. The van der Waals surface area contributed by atoms with E-state index in [-0.39, 0.29) is 0 Å². The summed E-state index contributed by atoms with van der Waals surface area (Å²) in [5.74, 6) is 0. The first-order chi connectivity index (χ1) is 9.24. The summed E-state index contributed by atoms with van der Waals surface area (Å²) in [6, 6.07) is 5.85. The second kappa shape index (κ2) is 4.69. The zero-order chi connectivity index (χ0) is 13.4. The van der Waals surface area contributed by atoms with E-state index >= 15 is 0 Å². The van der Waals surface area contributed by atoms with Gasteiger partial charge in [-0.15, -0.1) is 0 Å². The molecule has 0 saturated heterocycles. The molecular formula is C14H12ClN3O. The summed E-state index contributed by atoms with van der Waals surface area (Å²) in [6.07, 6.45) is 4.33. The number of hydrogen-bond donors (Lipinski definition) is 1. The van der Waals surface area contributed by atoms with Crippen molar-refractivity contribution in [2.45, 2.75) is 25.5 Å². The maximum Gasteiger partial charge on any atom is 0.103 e. The van der Waals surface area contributed by atoms with E-state index in [1.807, 2.05) is 16.7 Å². The molecule has 0 amide bonds. The minimum absolute atomic E-state index is 0.382. The number of aromatic nitrogens is 2. The highest BCUT2D eigenvalue weighted by atomic mass is 35.5. The van der Waals surface area contributed by atoms with Gasteiger partial charge < -0.3 is 9.67 Å². The van der Waals surface area contributed by atoms with Gasteiger partial charge in [0.25, 0.3) is 0 Å². The van der Waals surface area contributed by atoms with Crippen LogP contribution >= 0.6 is 11.6 Å². The fraction of sp³-hybridized carbons (Fsp3) is 0.286. The summed E-state index contributed by atoms with van der Waals surface area (Å²) in [7, 11) is 0. The van der Waals surface area contributed by atoms with Crippen molar-refractivity contribution >= 4 is 11.6 Å². The van der Waals surface area contributed by atoms with E-state index in [2.05, 4.69) is 11.1 Å². The number of nitriles is 1. The van der Waals surface area contributed by atoms with Crippen LogP contribution in [0.15, 0.2) is 24.5 Å². The molecule has 1 unspecified atom stereocenters. The third-order valence-electron chi connectivity index (χ3n) is 3.47. The Kier molecular flexibility index (Phi) is 3.02. The molecule has 96 valence electrons. The van der Waals surface area contributed by atoms with Gasteiger partial charge in [-0.05, 0) is 25.0 Å². The van der Waals surface area contributed by atoms with Gasteiger partial charge in [0.2, 0.25) is 0 Å². The molecule has 0 saturated carbocycles. The van der Waals surface area contributed by atoms with Crippen molar-refractivity contribution in [1.82, 2.24) is 9.55 Å². The van der Waals surface area contributed by atoms with Crippen LogP contribution in [0.4, 0.5) is 0 Å². The van der Waals surface area contributed by atoms with Crippen LogP contribution in [0.2, 0.25) is 5.02 Å². The van der Waals surface area contributed by atoms with Gasteiger partial charge >= 0.3 is 0 Å². The minimum Gasteiger partial charge on any atom is -0.387 e. The largest absolute Gasteiger partial charge is 0.387 e. The summed E-state index contributed by atoms with van der Waals surface area (Å²) in [5.41, 5.74) is 2.66. The standard InChI is InChI=1S/C14H12ClN3O/c15-12-10(7-16)14-11(19)4-2-6-18(14)13(12)9-3-1-5-17-8-9/h1,3,5,8,11,19H,2,4,6H2. The molecule has 1 aliphatic heterocycles. The van der Waals surface area contributed by atoms with E-state index in [4.69, 9.17) is 11.6 Å². The predicted molar refractivity (Wildman–Crippen MR) is 71.6 cm³/mol. The molecule has 1 atom stereocenters. The number of pyridine rings is 1. The Hall–Kier alpha value is -1.83. The zero-order valence-corrected chi connectivity index (χ0v) is 10.9. The summed E-state index contributed by atoms with van der Waals surface area (Å²) in [6.45, 7) is 0.762. The molecule has 0 radical (unpaired) electrons. The SMILES string of the molecule is N#Cc1c(Cl)c(-c2cccnc2)n2c1C(O)CCC2. The first-order valence-electron chi connectivity index (χ1n) is 6.14. The Morgan fingerprint density at radius 2 is 2.37 bits per heavy atom. The van der Waals surface area contributed by atoms with E-state index in [9.17, 15) is 10.4 Å². The van der Waals surface area contributed by atoms with E-state index in [0.717, 1.165) is 24.2 Å². The van der Waals surface area contributed by atoms with Gasteiger partial charge in [-0.25, -0.2) is 0 Å². The summed E-state index contributed by atoms with van der Waals surface area (Å²) >= 11 is 6.34. The maximum absolute atomic E-state index is 10.1. The van der Waals surface area contributed by atoms with Gasteiger partial charge in [-0.2, -0.15) is 5.26 Å². The summed E-state index contributed by atoms with van der Waals surface area (Å²) in [5, 5.41) is 19.8. The van der Waals surface area contributed by atoms with Gasteiger partial charge in [-0.3, -0.25) is 4.98 Å². The molecule has 3 rings (SSSR count). The van der Waals surface area contributed by atoms with Gasteiger partial charge in [0, 0.05) is 24.5 Å². The van der Waals surface area contributed by atoms with Crippen LogP contribution < -0.4 is 0 Å². The molecule has 4 nitrogen and oxygen atoms in total. The molecular weight excluding hydrogens is 262 g/mol. The molecule has 5 heteroatoms. The normalized spacial score (nSPS) is 17.8. The van der Waals surface area contributed by atoms with E-state index < -0.39 is 6.10 Å². The molecule has 0 aliphatic carbocycles. The van der Waals surface area contributed by atoms with Crippen molar-refractivity contribution in [3.8, 4) is 17.3 Å². The Bertz CT molecular complexity index is 658. The van der Waals surface area contributed by atoms with Crippen LogP contribution in [0, 0.1) is 11.3 Å². The lowest BCUT2D eigenvalue weighted by atomic mass is 10.0. The summed E-state index contributed by atoms with van der Waals surface area (Å²) in [4.78, 5) is 4.09. The molecule has 2 aromatic rings. The lowest BCUT2D eigenvalue weighted by Gasteiger charge is -2.22. The van der Waals surface area contributed by atoms with Crippen LogP contribution in [0.3, 0.4) is 0 Å². The first-order valence-corrected chi connectivity index (χ1v) is 6.52. The Labute approximate surface area is 115 Å². The molecule has 0 spiro atoms. The van der Waals surface area contributed by atoms with E-state index in [0.29, 0.717) is 22.7 Å². The topological polar surface area (TPSA) is 61.8 Å². The highest BCUT2D eigenvalue weighted by molar-refractivity contribution is 6.34. The molecule has 0 aromatic carbocycles. The van der Waals surface area contributed by atoms with Crippen molar-refractivity contribution in [3.05, 3.63) is 40.8 Å². The second-order valence-corrected chi connectivity index (χ2v) is 4.96. The average molecular weight is 274 g/mol. The lowest BCUT2D eigenvalue weighted by molar-refractivity contribution is 0.139. The molecule has 3 heterocycles. The van der Waals surface area contributed by atoms with Crippen LogP contribution in [-0.4, -0.2) is 14.7 Å². The van der Waals surface area contributed by atoms with E-state index in [1.165, 1.54) is 0 Å². The van der Waals surface area contributed by atoms with Crippen molar-refractivity contribution in [2.75, 3.05) is 0 Å². The van der Waals surface area contributed by atoms with Crippen molar-refractivity contribution < 1.29 is 5.11 Å². The highest BCUT2D eigenvalue weighted by Gasteiger charge is 2.29. The quantitative estimate of drug-likeness (QED) is 0.869. The van der Waals surface area contributed by atoms with Crippen LogP contribution in [0.1, 0.15) is 30.2 Å². The number of nitrogens with zero attached hydrogens (tertiary/aromatic N) is 3. The monoisotopic (exact) mass is 273 g/mol. The van der Waals surface area contributed by atoms with Gasteiger partial charge in [0.15, 0.2) is 0 Å². The molecule has 0 bridgehead atoms. The van der Waals surface area contributed by atoms with Crippen LogP contribution in [-0.2, 0) is 6.54 Å². The van der Waals surface area contributed by atoms with Crippen LogP contribution in [0.25, 0.3) is 11.3 Å². The first kappa shape index (κ1) is 12.2. The Balaban J connectivity index is 2.30. The molecule has 0 fully saturated rings. The molecule has 1 N–H and O–H groups in total. The highest BCUT2D eigenvalue weighted by Crippen LogP contribution is 2.41. The fourth-order valence-corrected chi connectivity index (χ4v) is 3.00. The van der Waals surface area contributed by atoms with Crippen molar-refractivity contribution in [2.24, 2.45) is 0 Å². The second-order valence-electron chi connectivity index (χ2n) is 4.59. The smallest absolute Gasteiger partial charge is 0.103 e. The third-order valence-corrected chi connectivity index (χ3v) is 3.83. The Morgan fingerprint density at radius 1 is 1.53 bits per heavy atom. The zero-order valence-electron chi connectivity index (χ0n) is 10.2. The Morgan fingerprint density at radius 3 is 3.05 bits per heavy atom. The van der Waals surface area contributed by atoms with Crippen LogP contribution in [0.5, 0.6) is 0 Å². The van der Waals surface area contributed by atoms with Crippen molar-refractivity contribution in [3.63, 3.8) is 0 Å². The molecule has 1 aliphatic rings. The van der Waals surface area contributed by atoms with Gasteiger partial charge in [-0.1, -0.05) is 11.6 Å². The number of rotatable bonds is 1. The molecule has 19 heavy (non-hydrogen) atoms. The maximum atomic E-state index is 10.1. The number of aliphatic hydroxyl groups is 1. The number of aliphatic hydroxyl groups excluding tert-OH is 1. The van der Waals surface area contributed by atoms with Gasteiger partial charge in [0.1, 0.15) is 6.07 Å². The summed E-state index contributed by atoms with van der Waals surface area (Å²) < 4.78 is 1.95. The average Bonchev–Trinajstić information content (AvgIpc) is 2.73. The minimum atomic E-state index is -0.619. The van der Waals surface area contributed by atoms with Crippen molar-refractivity contribution in [1.29, 1.82) is 5.26 Å². The molecule has 2 aromatic heterocycles. The van der Waals surface area contributed by atoms with E-state index in [1.54, 1.807) is 12.4 Å².